The van der Waals surface area contributed by atoms with Crippen molar-refractivity contribution in [1.29, 1.82) is 0 Å². The Kier molecular flexibility index (Phi) is 17.8. The third-order valence-corrected chi connectivity index (χ3v) is 21.7. The van der Waals surface area contributed by atoms with Gasteiger partial charge in [0.15, 0.2) is 14.1 Å². The summed E-state index contributed by atoms with van der Waals surface area (Å²) in [7, 11) is -4.38. The number of allylic oxidation sites excluding steroid dienone is 8. The van der Waals surface area contributed by atoms with Gasteiger partial charge in [-0.2, -0.15) is 0 Å². The van der Waals surface area contributed by atoms with E-state index in [1.165, 1.54) is 38.2 Å². The Bertz CT molecular complexity index is 1630. The molecule has 2 aromatic rings. The molecule has 1 atom stereocenters. The molecule has 0 spiro atoms. The summed E-state index contributed by atoms with van der Waals surface area (Å²) in [5.41, 5.74) is 7.89. The van der Waals surface area contributed by atoms with Crippen LogP contribution < -0.4 is 10.4 Å². The molecule has 0 heterocycles. The van der Waals surface area contributed by atoms with Crippen LogP contribution in [0.2, 0.25) is 23.2 Å². The van der Waals surface area contributed by atoms with Crippen molar-refractivity contribution in [1.82, 2.24) is 0 Å². The fourth-order valence-electron chi connectivity index (χ4n) is 7.49. The molecule has 3 nitrogen and oxygen atoms in total. The Balaban J connectivity index is 1.71. The topological polar surface area (TPSA) is 35.5 Å². The predicted molar refractivity (Wildman–Crippen MR) is 244 cm³/mol. The molecule has 0 bridgehead atoms. The van der Waals surface area contributed by atoms with Gasteiger partial charge < -0.3 is 8.85 Å². The van der Waals surface area contributed by atoms with Crippen molar-refractivity contribution < 1.29 is 13.6 Å². The van der Waals surface area contributed by atoms with E-state index in [4.69, 9.17) is 8.85 Å². The zero-order valence-electron chi connectivity index (χ0n) is 37.2. The van der Waals surface area contributed by atoms with Crippen LogP contribution >= 0.6 is 0 Å². The first-order valence-corrected chi connectivity index (χ1v) is 25.8. The number of carbonyl (C=O) groups excluding carboxylic acids is 1. The molecular formula is C50H76O3Si2. The first kappa shape index (κ1) is 46.5. The van der Waals surface area contributed by atoms with Crippen molar-refractivity contribution in [2.75, 3.05) is 13.2 Å². The van der Waals surface area contributed by atoms with Crippen LogP contribution in [0.5, 0.6) is 0 Å². The molecule has 0 fully saturated rings. The second-order valence-electron chi connectivity index (χ2n) is 18.9. The number of hydrogen-bond acceptors (Lipinski definition) is 3. The number of hydrogen-bond donors (Lipinski definition) is 0. The second-order valence-corrected chi connectivity index (χ2v) is 28.0. The van der Waals surface area contributed by atoms with Gasteiger partial charge in [-0.05, 0) is 137 Å². The van der Waals surface area contributed by atoms with Gasteiger partial charge in [0.2, 0.25) is 0 Å². The van der Waals surface area contributed by atoms with Crippen molar-refractivity contribution in [2.45, 2.75) is 157 Å². The number of carbonyl (C=O) groups is 1. The largest absolute Gasteiger partial charge is 0.413 e. The molecule has 1 aliphatic rings. The molecule has 0 radical (unpaired) electrons. The molecule has 0 aromatic heterocycles. The summed E-state index contributed by atoms with van der Waals surface area (Å²) in [4.78, 5) is 13.1. The molecular weight excluding hydrogens is 705 g/mol. The number of benzene rings is 2. The van der Waals surface area contributed by atoms with E-state index in [0.717, 1.165) is 56.9 Å². The highest BCUT2D eigenvalue weighted by molar-refractivity contribution is 6.99. The number of Topliss-reactive ketones (excluding diaryl/α,β-unsaturated/α-hetero) is 1. The summed E-state index contributed by atoms with van der Waals surface area (Å²) in [6.45, 7) is 30.9. The van der Waals surface area contributed by atoms with Gasteiger partial charge in [0.1, 0.15) is 0 Å². The maximum atomic E-state index is 13.1. The summed E-state index contributed by atoms with van der Waals surface area (Å²) in [6, 6.07) is 22.0. The quantitative estimate of drug-likeness (QED) is 0.105. The highest BCUT2D eigenvalue weighted by Crippen LogP contribution is 2.38. The lowest BCUT2D eigenvalue weighted by atomic mass is 9.79. The summed E-state index contributed by atoms with van der Waals surface area (Å²) < 4.78 is 13.7. The lowest BCUT2D eigenvalue weighted by Gasteiger charge is -2.43. The summed E-state index contributed by atoms with van der Waals surface area (Å²) >= 11 is 0. The van der Waals surface area contributed by atoms with E-state index in [0.29, 0.717) is 31.3 Å². The highest BCUT2D eigenvalue weighted by atomic mass is 28.4. The summed E-state index contributed by atoms with van der Waals surface area (Å²) in [5.74, 6) is 0.801. The van der Waals surface area contributed by atoms with Crippen LogP contribution in [0, 0.1) is 5.92 Å². The van der Waals surface area contributed by atoms with E-state index in [2.05, 4.69) is 174 Å². The minimum Gasteiger partial charge on any atom is -0.413 e. The first-order chi connectivity index (χ1) is 25.8. The minimum atomic E-state index is -2.62. The monoisotopic (exact) mass is 781 g/mol. The zero-order chi connectivity index (χ0) is 40.9. The summed E-state index contributed by atoms with van der Waals surface area (Å²) in [5, 5.41) is 2.81. The molecule has 0 N–H and O–H groups in total. The molecule has 302 valence electrons. The van der Waals surface area contributed by atoms with Crippen molar-refractivity contribution in [2.24, 2.45) is 5.92 Å². The highest BCUT2D eigenvalue weighted by Gasteiger charge is 2.50. The van der Waals surface area contributed by atoms with Crippen molar-refractivity contribution in [3.63, 3.8) is 0 Å². The first-order valence-electron chi connectivity index (χ1n) is 21.0. The Hall–Kier alpha value is -2.84. The van der Waals surface area contributed by atoms with Crippen molar-refractivity contribution in [3.05, 3.63) is 118 Å². The lowest BCUT2D eigenvalue weighted by molar-refractivity contribution is -0.116. The normalized spacial score (nSPS) is 16.9. The maximum absolute atomic E-state index is 13.1. The van der Waals surface area contributed by atoms with Crippen LogP contribution in [0.15, 0.2) is 118 Å². The van der Waals surface area contributed by atoms with E-state index < -0.39 is 16.6 Å². The van der Waals surface area contributed by atoms with Gasteiger partial charge in [0, 0.05) is 6.42 Å². The van der Waals surface area contributed by atoms with Crippen LogP contribution in [-0.4, -0.2) is 35.6 Å². The Labute approximate surface area is 339 Å². The van der Waals surface area contributed by atoms with Gasteiger partial charge in [-0.15, -0.1) is 0 Å². The number of ketones is 1. The van der Waals surface area contributed by atoms with Gasteiger partial charge in [-0.3, -0.25) is 4.79 Å². The minimum absolute atomic E-state index is 0.0503. The van der Waals surface area contributed by atoms with Crippen LogP contribution in [0.1, 0.15) is 134 Å². The molecule has 1 aliphatic carbocycles. The molecule has 0 amide bonds. The van der Waals surface area contributed by atoms with Gasteiger partial charge in [-0.1, -0.05) is 149 Å². The fourth-order valence-corrected chi connectivity index (χ4v) is 13.0. The van der Waals surface area contributed by atoms with E-state index in [1.54, 1.807) is 0 Å². The molecule has 0 saturated carbocycles. The van der Waals surface area contributed by atoms with Crippen molar-refractivity contribution >= 4 is 32.8 Å². The average molecular weight is 781 g/mol. The van der Waals surface area contributed by atoms with Crippen LogP contribution in [0.3, 0.4) is 0 Å². The van der Waals surface area contributed by atoms with E-state index in [-0.39, 0.29) is 10.1 Å². The zero-order valence-corrected chi connectivity index (χ0v) is 39.2. The van der Waals surface area contributed by atoms with E-state index >= 15 is 0 Å². The van der Waals surface area contributed by atoms with Crippen molar-refractivity contribution in [3.8, 4) is 0 Å². The molecule has 1 unspecified atom stereocenters. The van der Waals surface area contributed by atoms with Crippen LogP contribution in [0.25, 0.3) is 0 Å². The third kappa shape index (κ3) is 13.7. The molecule has 2 aromatic carbocycles. The molecule has 5 heteroatoms. The molecule has 0 aliphatic heterocycles. The van der Waals surface area contributed by atoms with Crippen LogP contribution in [-0.2, 0) is 13.6 Å². The fraction of sp³-hybridized carbons (Fsp3) is 0.540. The Morgan fingerprint density at radius 3 is 1.84 bits per heavy atom. The smallest absolute Gasteiger partial charge is 0.261 e. The SMILES string of the molecule is CC(C)=CCC/C(=C/CC/C(C)=C/CC1CCC(=O)C(CC/C(C)=C/CO[Si](C)(C)C(C)(C)C)=C1C)CO[Si](c1ccccc1)(c1ccccc1)C(C)(C)C. The molecule has 55 heavy (non-hydrogen) atoms. The standard InChI is InChI=1S/C50H76O3Si2/c1-39(2)22-20-24-43(38-53-55(50(9,10)11,45-26-16-14-17-27-45)46-28-18-15-19-29-46)25-21-23-40(3)30-32-44-33-35-48(51)47(42(44)5)34-31-41(4)36-37-52-54(12,13)49(6,7)8/h14-19,22,25-30,36,44H,20-21,23-24,31-35,37-38H2,1-13H3/b40-30+,41-36+,43-25-. The predicted octanol–water partition coefficient (Wildman–Crippen LogP) is 13.4. The van der Waals surface area contributed by atoms with Gasteiger partial charge in [0.05, 0.1) is 13.2 Å². The average Bonchev–Trinajstić information content (AvgIpc) is 3.11. The van der Waals surface area contributed by atoms with E-state index in [1.807, 2.05) is 0 Å². The molecule has 0 saturated heterocycles. The maximum Gasteiger partial charge on any atom is 0.261 e. The number of rotatable bonds is 19. The van der Waals surface area contributed by atoms with Crippen LogP contribution in [0.4, 0.5) is 0 Å². The van der Waals surface area contributed by atoms with E-state index in [9.17, 15) is 4.79 Å². The lowest BCUT2D eigenvalue weighted by Crippen LogP contribution is -2.66. The summed E-state index contributed by atoms with van der Waals surface area (Å²) in [6.07, 6.45) is 18.0. The Morgan fingerprint density at radius 2 is 1.29 bits per heavy atom. The van der Waals surface area contributed by atoms with Gasteiger partial charge in [0.25, 0.3) is 8.32 Å². The van der Waals surface area contributed by atoms with Gasteiger partial charge >= 0.3 is 0 Å². The second kappa shape index (κ2) is 21.1. The Morgan fingerprint density at radius 1 is 0.727 bits per heavy atom. The third-order valence-electron chi connectivity index (χ3n) is 12.2. The molecule has 3 rings (SSSR count). The van der Waals surface area contributed by atoms with Gasteiger partial charge in [-0.25, -0.2) is 0 Å².